The Hall–Kier alpha value is -6.74. The normalized spacial score (nSPS) is 13.6. The van der Waals surface area contributed by atoms with Gasteiger partial charge in [-0.05, 0) is 60.7 Å². The highest BCUT2D eigenvalue weighted by Gasteiger charge is 2.23. The maximum atomic E-state index is 6.83. The van der Waals surface area contributed by atoms with Gasteiger partial charge in [0, 0.05) is 59.6 Å². The van der Waals surface area contributed by atoms with Crippen molar-refractivity contribution >= 4 is 77.4 Å². The molecule has 0 aliphatic carbocycles. The predicted octanol–water partition coefficient (Wildman–Crippen LogP) is 9.60. The molecular formula is C40H26N6O3. The first-order valence-corrected chi connectivity index (χ1v) is 16.1. The Morgan fingerprint density at radius 3 is 2.47 bits per heavy atom. The summed E-state index contributed by atoms with van der Waals surface area (Å²) in [6, 6.07) is 36.7. The van der Waals surface area contributed by atoms with Crippen LogP contribution in [0.3, 0.4) is 0 Å². The summed E-state index contributed by atoms with van der Waals surface area (Å²) in [5.74, 6) is 2.84. The minimum atomic E-state index is 0.612. The molecule has 1 aliphatic heterocycles. The Labute approximate surface area is 278 Å². The van der Waals surface area contributed by atoms with Crippen molar-refractivity contribution in [2.24, 2.45) is 0 Å². The minimum Gasteiger partial charge on any atom is -0.455 e. The standard InChI is InChI=1S/C40H26N6O3/c1-43-18-19-44(23-43)24-20-28-37-34(16-14-27-26-8-2-5-11-33(26)48-39(27)37)49-38(28)35(21-24)47-25-13-15-31-32(22-25)46(36-12-6-7-17-41-36)40-42-29-9-3-4-10-30(29)45(31)40/h2-22H,23H2,1H3. The van der Waals surface area contributed by atoms with Gasteiger partial charge in [-0.15, -0.1) is 0 Å². The molecule has 1 aliphatic rings. The summed E-state index contributed by atoms with van der Waals surface area (Å²) in [4.78, 5) is 14.0. The SMILES string of the molecule is CN1C=CN(c2cc(Oc3ccc4c(c3)n(-c3ccccn3)c3nc5ccccc5n43)c3oc4ccc5c6ccccc6oc5c4c3c2)C1. The molecule has 5 aromatic heterocycles. The Morgan fingerprint density at radius 1 is 0.694 bits per heavy atom. The topological polar surface area (TPSA) is 77.1 Å². The van der Waals surface area contributed by atoms with E-state index in [1.165, 1.54) is 0 Å². The van der Waals surface area contributed by atoms with Crippen LogP contribution in [0, 0.1) is 0 Å². The van der Waals surface area contributed by atoms with Crippen molar-refractivity contribution in [3.05, 3.63) is 128 Å². The first kappa shape index (κ1) is 26.3. The average Bonchev–Trinajstić information content (AvgIpc) is 3.94. The molecule has 0 fully saturated rings. The van der Waals surface area contributed by atoms with Crippen LogP contribution in [-0.2, 0) is 0 Å². The predicted molar refractivity (Wildman–Crippen MR) is 193 cm³/mol. The molecule has 49 heavy (non-hydrogen) atoms. The van der Waals surface area contributed by atoms with Crippen molar-refractivity contribution in [3.63, 3.8) is 0 Å². The van der Waals surface area contributed by atoms with Crippen molar-refractivity contribution in [1.82, 2.24) is 23.8 Å². The van der Waals surface area contributed by atoms with Crippen LogP contribution in [-0.4, -0.2) is 37.6 Å². The number of fused-ring (bicyclic) bond motifs is 12. The summed E-state index contributed by atoms with van der Waals surface area (Å²) in [7, 11) is 2.06. The average molecular weight is 639 g/mol. The van der Waals surface area contributed by atoms with E-state index in [9.17, 15) is 0 Å². The maximum Gasteiger partial charge on any atom is 0.221 e. The molecule has 6 heterocycles. The molecule has 0 saturated heterocycles. The number of imidazole rings is 2. The van der Waals surface area contributed by atoms with E-state index in [0.29, 0.717) is 17.1 Å². The second-order valence-corrected chi connectivity index (χ2v) is 12.5. The van der Waals surface area contributed by atoms with Gasteiger partial charge in [0.05, 0.1) is 34.1 Å². The van der Waals surface area contributed by atoms with Gasteiger partial charge in [0.2, 0.25) is 5.78 Å². The molecule has 0 spiro atoms. The molecule has 9 heteroatoms. The second-order valence-electron chi connectivity index (χ2n) is 12.5. The van der Waals surface area contributed by atoms with Gasteiger partial charge in [0.15, 0.2) is 11.3 Å². The Kier molecular flexibility index (Phi) is 5.19. The lowest BCUT2D eigenvalue weighted by molar-refractivity contribution is 0.475. The molecular weight excluding hydrogens is 612 g/mol. The fraction of sp³-hybridized carbons (Fsp3) is 0.0500. The summed E-state index contributed by atoms with van der Waals surface area (Å²) < 4.78 is 24.2. The third-order valence-electron chi connectivity index (χ3n) is 9.52. The lowest BCUT2D eigenvalue weighted by Gasteiger charge is -2.19. The van der Waals surface area contributed by atoms with E-state index in [2.05, 4.69) is 74.6 Å². The molecule has 10 aromatic rings. The largest absolute Gasteiger partial charge is 0.455 e. The first-order chi connectivity index (χ1) is 24.2. The van der Waals surface area contributed by atoms with Crippen LogP contribution in [0.1, 0.15) is 0 Å². The maximum absolute atomic E-state index is 6.83. The van der Waals surface area contributed by atoms with E-state index < -0.39 is 0 Å². The van der Waals surface area contributed by atoms with Crippen molar-refractivity contribution in [2.75, 3.05) is 18.6 Å². The highest BCUT2D eigenvalue weighted by molar-refractivity contribution is 6.23. The highest BCUT2D eigenvalue weighted by atomic mass is 16.5. The number of hydrogen-bond acceptors (Lipinski definition) is 7. The van der Waals surface area contributed by atoms with Crippen molar-refractivity contribution in [2.45, 2.75) is 0 Å². The van der Waals surface area contributed by atoms with Gasteiger partial charge in [-0.2, -0.15) is 0 Å². The lowest BCUT2D eigenvalue weighted by atomic mass is 10.1. The van der Waals surface area contributed by atoms with Gasteiger partial charge in [0.1, 0.15) is 28.3 Å². The number of pyridine rings is 1. The lowest BCUT2D eigenvalue weighted by Crippen LogP contribution is -2.21. The van der Waals surface area contributed by atoms with Crippen LogP contribution >= 0.6 is 0 Å². The van der Waals surface area contributed by atoms with Crippen LogP contribution in [0.2, 0.25) is 0 Å². The summed E-state index contributed by atoms with van der Waals surface area (Å²) in [5, 5.41) is 3.99. The van der Waals surface area contributed by atoms with Crippen LogP contribution in [0.4, 0.5) is 5.69 Å². The number of anilines is 1. The number of para-hydroxylation sites is 3. The summed E-state index contributed by atoms with van der Waals surface area (Å²) in [6.45, 7) is 0.720. The monoisotopic (exact) mass is 638 g/mol. The van der Waals surface area contributed by atoms with Gasteiger partial charge in [-0.25, -0.2) is 9.97 Å². The quantitative estimate of drug-likeness (QED) is 0.190. The van der Waals surface area contributed by atoms with Crippen LogP contribution < -0.4 is 9.64 Å². The highest BCUT2D eigenvalue weighted by Crippen LogP contribution is 2.45. The number of ether oxygens (including phenoxy) is 1. The molecule has 0 bridgehead atoms. The number of hydrogen-bond donors (Lipinski definition) is 0. The van der Waals surface area contributed by atoms with Crippen LogP contribution in [0.5, 0.6) is 11.5 Å². The Balaban J connectivity index is 1.14. The molecule has 0 unspecified atom stereocenters. The fourth-order valence-electron chi connectivity index (χ4n) is 7.32. The number of furan rings is 2. The molecule has 11 rings (SSSR count). The number of rotatable bonds is 4. The molecule has 5 aromatic carbocycles. The van der Waals surface area contributed by atoms with Crippen molar-refractivity contribution < 1.29 is 13.6 Å². The minimum absolute atomic E-state index is 0.612. The summed E-state index contributed by atoms with van der Waals surface area (Å²) >= 11 is 0. The Morgan fingerprint density at radius 2 is 1.57 bits per heavy atom. The van der Waals surface area contributed by atoms with Gasteiger partial charge in [-0.1, -0.05) is 36.4 Å². The van der Waals surface area contributed by atoms with E-state index in [1.807, 2.05) is 72.8 Å². The van der Waals surface area contributed by atoms with E-state index in [-0.39, 0.29) is 0 Å². The van der Waals surface area contributed by atoms with Crippen LogP contribution in [0.15, 0.2) is 137 Å². The molecule has 0 radical (unpaired) electrons. The Bertz CT molecular complexity index is 2980. The first-order valence-electron chi connectivity index (χ1n) is 16.1. The van der Waals surface area contributed by atoms with Gasteiger partial charge >= 0.3 is 0 Å². The smallest absolute Gasteiger partial charge is 0.221 e. The third kappa shape index (κ3) is 3.75. The third-order valence-corrected chi connectivity index (χ3v) is 9.52. The zero-order valence-electron chi connectivity index (χ0n) is 26.2. The summed E-state index contributed by atoms with van der Waals surface area (Å²) in [5.41, 5.74) is 7.92. The zero-order chi connectivity index (χ0) is 32.2. The number of benzene rings is 5. The van der Waals surface area contributed by atoms with E-state index in [0.717, 1.165) is 84.3 Å². The van der Waals surface area contributed by atoms with E-state index >= 15 is 0 Å². The molecule has 0 amide bonds. The van der Waals surface area contributed by atoms with Crippen LogP contribution in [0.25, 0.3) is 77.5 Å². The zero-order valence-corrected chi connectivity index (χ0v) is 26.2. The van der Waals surface area contributed by atoms with E-state index in [4.69, 9.17) is 23.5 Å². The molecule has 234 valence electrons. The molecule has 9 nitrogen and oxygen atoms in total. The van der Waals surface area contributed by atoms with Gasteiger partial charge in [-0.3, -0.25) is 8.97 Å². The molecule has 0 atom stereocenters. The number of aromatic nitrogens is 4. The second kappa shape index (κ2) is 9.65. The number of nitrogens with zero attached hydrogens (tertiary/aromatic N) is 6. The van der Waals surface area contributed by atoms with Gasteiger partial charge < -0.3 is 23.4 Å². The van der Waals surface area contributed by atoms with E-state index in [1.54, 1.807) is 6.20 Å². The molecule has 0 saturated carbocycles. The van der Waals surface area contributed by atoms with Gasteiger partial charge in [0.25, 0.3) is 0 Å². The van der Waals surface area contributed by atoms with Crippen molar-refractivity contribution in [3.8, 4) is 17.3 Å². The fourth-order valence-corrected chi connectivity index (χ4v) is 7.32. The molecule has 0 N–H and O–H groups in total. The van der Waals surface area contributed by atoms with Crippen molar-refractivity contribution in [1.29, 1.82) is 0 Å². The summed E-state index contributed by atoms with van der Waals surface area (Å²) in [6.07, 6.45) is 5.94.